The van der Waals surface area contributed by atoms with Gasteiger partial charge in [0, 0.05) is 17.2 Å². The molecule has 0 aromatic heterocycles. The van der Waals surface area contributed by atoms with Crippen LogP contribution in [0.4, 0.5) is 5.69 Å². The third-order valence-electron chi connectivity index (χ3n) is 4.90. The van der Waals surface area contributed by atoms with Crippen molar-refractivity contribution in [2.45, 2.75) is 0 Å². The number of nitro benzene ring substituents is 1. The zero-order valence-electron chi connectivity index (χ0n) is 16.1. The lowest BCUT2D eigenvalue weighted by Crippen LogP contribution is -1.92. The van der Waals surface area contributed by atoms with Crippen LogP contribution in [0.3, 0.4) is 0 Å². The van der Waals surface area contributed by atoms with Crippen molar-refractivity contribution in [2.24, 2.45) is 0 Å². The minimum absolute atomic E-state index is 0.0603. The second-order valence-corrected chi connectivity index (χ2v) is 7.12. The zero-order chi connectivity index (χ0) is 21.1. The maximum atomic E-state index is 11.0. The lowest BCUT2D eigenvalue weighted by Gasteiger charge is -2.16. The summed E-state index contributed by atoms with van der Waals surface area (Å²) in [5.41, 5.74) is 5.78. The molecule has 0 aliphatic heterocycles. The van der Waals surface area contributed by atoms with Gasteiger partial charge in [-0.05, 0) is 75.8 Å². The summed E-state index contributed by atoms with van der Waals surface area (Å²) in [5.74, 6) is 0.767. The van der Waals surface area contributed by atoms with E-state index >= 15 is 0 Å². The third kappa shape index (κ3) is 3.91. The molecule has 5 heteroatoms. The normalized spacial score (nSPS) is 10.6. The van der Waals surface area contributed by atoms with Crippen molar-refractivity contribution in [3.05, 3.63) is 106 Å². The van der Waals surface area contributed by atoms with Gasteiger partial charge in [0.05, 0.1) is 12.0 Å². The first-order chi connectivity index (χ1) is 14.6. The molecule has 0 atom stereocenters. The van der Waals surface area contributed by atoms with Crippen molar-refractivity contribution in [1.82, 2.24) is 0 Å². The molecule has 0 amide bonds. The molecule has 4 rings (SSSR count). The molecular weight excluding hydrogens is 398 g/mol. The summed E-state index contributed by atoms with van der Waals surface area (Å²) >= 11 is 6.08. The number of hydrogen-bond donors (Lipinski definition) is 0. The van der Waals surface area contributed by atoms with E-state index in [0.717, 1.165) is 39.1 Å². The van der Waals surface area contributed by atoms with E-state index in [1.54, 1.807) is 19.2 Å². The van der Waals surface area contributed by atoms with E-state index in [-0.39, 0.29) is 5.69 Å². The van der Waals surface area contributed by atoms with Gasteiger partial charge in [-0.15, -0.1) is 0 Å². The van der Waals surface area contributed by atoms with E-state index in [4.69, 9.17) is 16.3 Å². The van der Waals surface area contributed by atoms with Crippen LogP contribution in [0, 0.1) is 16.2 Å². The van der Waals surface area contributed by atoms with Gasteiger partial charge < -0.3 is 4.74 Å². The summed E-state index contributed by atoms with van der Waals surface area (Å²) in [7, 11) is 1.63. The second kappa shape index (κ2) is 8.39. The maximum absolute atomic E-state index is 11.0. The zero-order valence-corrected chi connectivity index (χ0v) is 16.9. The van der Waals surface area contributed by atoms with E-state index in [1.165, 1.54) is 12.1 Å². The summed E-state index contributed by atoms with van der Waals surface area (Å²) in [4.78, 5) is 10.6. The van der Waals surface area contributed by atoms with Crippen molar-refractivity contribution in [3.63, 3.8) is 0 Å². The number of methoxy groups -OCH3 is 1. The van der Waals surface area contributed by atoms with Gasteiger partial charge in [0.25, 0.3) is 5.69 Å². The molecule has 4 aromatic carbocycles. The molecule has 0 fully saturated rings. The van der Waals surface area contributed by atoms with E-state index < -0.39 is 4.92 Å². The summed E-state index contributed by atoms with van der Waals surface area (Å²) < 4.78 is 5.30. The Morgan fingerprint density at radius 1 is 0.833 bits per heavy atom. The SMILES string of the molecule is COc1ccc(-c2c(-c3ccc(Cl)cc3)[c]ccc2-c2ccc([N+](=O)[O-])cc2)cc1. The Morgan fingerprint density at radius 2 is 1.43 bits per heavy atom. The molecule has 4 aromatic rings. The van der Waals surface area contributed by atoms with Crippen LogP contribution in [-0.4, -0.2) is 12.0 Å². The third-order valence-corrected chi connectivity index (χ3v) is 5.15. The molecule has 1 radical (unpaired) electrons. The Labute approximate surface area is 179 Å². The first-order valence-electron chi connectivity index (χ1n) is 9.26. The number of hydrogen-bond acceptors (Lipinski definition) is 3. The standard InChI is InChI=1S/C25H17ClNO3/c1-30-22-15-9-19(10-16-22)25-23(17-5-11-20(26)12-6-17)3-2-4-24(25)18-7-13-21(14-8-18)27(28)29/h2,4-16H,1H3. The van der Waals surface area contributed by atoms with Gasteiger partial charge in [0.2, 0.25) is 0 Å². The van der Waals surface area contributed by atoms with Crippen LogP contribution in [0.5, 0.6) is 5.75 Å². The van der Waals surface area contributed by atoms with Gasteiger partial charge >= 0.3 is 0 Å². The number of benzene rings is 4. The predicted octanol–water partition coefficient (Wildman–Crippen LogP) is 7.06. The first-order valence-corrected chi connectivity index (χ1v) is 9.64. The van der Waals surface area contributed by atoms with Crippen LogP contribution in [0.2, 0.25) is 5.02 Å². The Morgan fingerprint density at radius 3 is 2.03 bits per heavy atom. The minimum Gasteiger partial charge on any atom is -0.497 e. The Kier molecular flexibility index (Phi) is 5.50. The fraction of sp³-hybridized carbons (Fsp3) is 0.0400. The first kappa shape index (κ1) is 19.7. The fourth-order valence-corrected chi connectivity index (χ4v) is 3.53. The van der Waals surface area contributed by atoms with E-state index in [1.807, 2.05) is 60.7 Å². The average molecular weight is 415 g/mol. The molecule has 0 saturated heterocycles. The van der Waals surface area contributed by atoms with E-state index in [9.17, 15) is 10.1 Å². The Bertz CT molecular complexity index is 1180. The van der Waals surface area contributed by atoms with Crippen molar-refractivity contribution < 1.29 is 9.66 Å². The Hall–Kier alpha value is -3.63. The molecule has 147 valence electrons. The molecule has 0 aliphatic rings. The van der Waals surface area contributed by atoms with Crippen LogP contribution < -0.4 is 4.74 Å². The number of nitro groups is 1. The van der Waals surface area contributed by atoms with Crippen molar-refractivity contribution in [3.8, 4) is 39.1 Å². The van der Waals surface area contributed by atoms with Gasteiger partial charge in [0.1, 0.15) is 5.75 Å². The van der Waals surface area contributed by atoms with E-state index in [2.05, 4.69) is 6.07 Å². The van der Waals surface area contributed by atoms with Crippen LogP contribution in [-0.2, 0) is 0 Å². The topological polar surface area (TPSA) is 52.4 Å². The molecule has 0 bridgehead atoms. The van der Waals surface area contributed by atoms with Crippen LogP contribution in [0.1, 0.15) is 0 Å². The Balaban J connectivity index is 1.94. The highest BCUT2D eigenvalue weighted by atomic mass is 35.5. The summed E-state index contributed by atoms with van der Waals surface area (Å²) in [6.45, 7) is 0. The van der Waals surface area contributed by atoms with Gasteiger partial charge in [-0.1, -0.05) is 48.0 Å². The van der Waals surface area contributed by atoms with Crippen LogP contribution in [0.15, 0.2) is 84.9 Å². The predicted molar refractivity (Wildman–Crippen MR) is 120 cm³/mol. The van der Waals surface area contributed by atoms with E-state index in [0.29, 0.717) is 5.02 Å². The lowest BCUT2D eigenvalue weighted by atomic mass is 9.87. The molecule has 0 saturated carbocycles. The molecule has 0 spiro atoms. The quantitative estimate of drug-likeness (QED) is 0.259. The molecule has 0 unspecified atom stereocenters. The molecule has 0 heterocycles. The van der Waals surface area contributed by atoms with Crippen molar-refractivity contribution in [1.29, 1.82) is 0 Å². The highest BCUT2D eigenvalue weighted by molar-refractivity contribution is 6.30. The van der Waals surface area contributed by atoms with Gasteiger partial charge in [0.15, 0.2) is 0 Å². The van der Waals surface area contributed by atoms with Gasteiger partial charge in [-0.3, -0.25) is 10.1 Å². The fourth-order valence-electron chi connectivity index (χ4n) is 3.40. The summed E-state index contributed by atoms with van der Waals surface area (Å²) in [6, 6.07) is 29.2. The number of nitrogens with zero attached hydrogens (tertiary/aromatic N) is 1. The monoisotopic (exact) mass is 414 g/mol. The molecule has 0 N–H and O–H groups in total. The van der Waals surface area contributed by atoms with Crippen molar-refractivity contribution >= 4 is 17.3 Å². The number of ether oxygens (including phenoxy) is 1. The van der Waals surface area contributed by atoms with Crippen LogP contribution >= 0.6 is 11.6 Å². The molecule has 0 aliphatic carbocycles. The number of halogens is 1. The van der Waals surface area contributed by atoms with Gasteiger partial charge in [-0.25, -0.2) is 0 Å². The van der Waals surface area contributed by atoms with Crippen LogP contribution in [0.25, 0.3) is 33.4 Å². The smallest absolute Gasteiger partial charge is 0.269 e. The largest absolute Gasteiger partial charge is 0.497 e. The number of rotatable bonds is 5. The number of non-ortho nitro benzene ring substituents is 1. The lowest BCUT2D eigenvalue weighted by molar-refractivity contribution is -0.384. The highest BCUT2D eigenvalue weighted by Gasteiger charge is 2.15. The second-order valence-electron chi connectivity index (χ2n) is 6.68. The molecule has 30 heavy (non-hydrogen) atoms. The van der Waals surface area contributed by atoms with Crippen molar-refractivity contribution in [2.75, 3.05) is 7.11 Å². The summed E-state index contributed by atoms with van der Waals surface area (Å²) in [5, 5.41) is 11.7. The summed E-state index contributed by atoms with van der Waals surface area (Å²) in [6.07, 6.45) is 0. The molecular formula is C25H17ClNO3. The maximum Gasteiger partial charge on any atom is 0.269 e. The minimum atomic E-state index is -0.397. The van der Waals surface area contributed by atoms with Gasteiger partial charge in [-0.2, -0.15) is 0 Å². The highest BCUT2D eigenvalue weighted by Crippen LogP contribution is 2.40. The molecule has 4 nitrogen and oxygen atoms in total. The average Bonchev–Trinajstić information content (AvgIpc) is 2.79.